The molecule has 4 atom stereocenters. The normalized spacial score (nSPS) is 26.8. The number of likely N-dealkylation sites (tertiary alicyclic amines) is 1. The highest BCUT2D eigenvalue weighted by Gasteiger charge is 2.46. The zero-order valence-corrected chi connectivity index (χ0v) is 18.8. The summed E-state index contributed by atoms with van der Waals surface area (Å²) in [6, 6.07) is 9.75. The molecule has 0 unspecified atom stereocenters. The predicted molar refractivity (Wildman–Crippen MR) is 117 cm³/mol. The molecule has 3 heterocycles. The number of β-amino-alcohol motifs (C(OH)–C–C–N with tert-alkyl or cyclic N) is 1. The Labute approximate surface area is 183 Å². The number of hydrogen-bond acceptors (Lipinski definition) is 6. The van der Waals surface area contributed by atoms with Crippen molar-refractivity contribution < 1.29 is 19.3 Å². The van der Waals surface area contributed by atoms with E-state index >= 15 is 0 Å². The SMILES string of the molecule is Cc1ccc([C@@]2(C)CC([C@@H]3C[C@@H](O)CN3C(=O)[C@@H](c3cc(C)no3)C(C)C)=NO2)cc1. The van der Waals surface area contributed by atoms with Gasteiger partial charge in [-0.25, -0.2) is 0 Å². The molecule has 7 heteroatoms. The first-order chi connectivity index (χ1) is 14.7. The Morgan fingerprint density at radius 2 is 1.97 bits per heavy atom. The maximum atomic E-state index is 13.6. The number of aliphatic hydroxyl groups excluding tert-OH is 1. The lowest BCUT2D eigenvalue weighted by Crippen LogP contribution is -2.44. The van der Waals surface area contributed by atoms with Crippen LogP contribution in [0.1, 0.15) is 62.1 Å². The van der Waals surface area contributed by atoms with Crippen LogP contribution in [0.5, 0.6) is 0 Å². The Balaban J connectivity index is 1.57. The van der Waals surface area contributed by atoms with E-state index in [0.717, 1.165) is 17.0 Å². The van der Waals surface area contributed by atoms with E-state index in [1.54, 1.807) is 4.90 Å². The smallest absolute Gasteiger partial charge is 0.234 e. The number of carbonyl (C=O) groups is 1. The molecule has 0 bridgehead atoms. The minimum Gasteiger partial charge on any atom is -0.391 e. The number of carbonyl (C=O) groups excluding carboxylic acids is 1. The van der Waals surface area contributed by atoms with Gasteiger partial charge in [-0.3, -0.25) is 4.79 Å². The van der Waals surface area contributed by atoms with E-state index in [9.17, 15) is 9.90 Å². The third-order valence-electron chi connectivity index (χ3n) is 6.38. The van der Waals surface area contributed by atoms with E-state index in [2.05, 4.69) is 34.6 Å². The van der Waals surface area contributed by atoms with Crippen molar-refractivity contribution >= 4 is 11.6 Å². The molecule has 1 N–H and O–H groups in total. The summed E-state index contributed by atoms with van der Waals surface area (Å²) < 4.78 is 5.44. The summed E-state index contributed by atoms with van der Waals surface area (Å²) in [6.07, 6.45) is 0.440. The summed E-state index contributed by atoms with van der Waals surface area (Å²) in [5.41, 5.74) is 3.19. The van der Waals surface area contributed by atoms with E-state index in [0.29, 0.717) is 18.6 Å². The van der Waals surface area contributed by atoms with Crippen molar-refractivity contribution in [3.63, 3.8) is 0 Å². The van der Waals surface area contributed by atoms with Crippen LogP contribution in [0.2, 0.25) is 0 Å². The average Bonchev–Trinajstić information content (AvgIpc) is 3.41. The monoisotopic (exact) mass is 425 g/mol. The van der Waals surface area contributed by atoms with E-state index < -0.39 is 17.6 Å². The van der Waals surface area contributed by atoms with Crippen molar-refractivity contribution in [2.24, 2.45) is 11.1 Å². The molecule has 1 amide bonds. The molecule has 2 aliphatic heterocycles. The molecule has 4 rings (SSSR count). The first kappa shape index (κ1) is 21.6. The number of amides is 1. The molecule has 0 radical (unpaired) electrons. The number of hydrogen-bond donors (Lipinski definition) is 1. The van der Waals surface area contributed by atoms with Crippen LogP contribution in [0, 0.1) is 19.8 Å². The molecule has 166 valence electrons. The summed E-state index contributed by atoms with van der Waals surface area (Å²) in [5, 5.41) is 18.8. The quantitative estimate of drug-likeness (QED) is 0.789. The number of benzene rings is 1. The lowest BCUT2D eigenvalue weighted by Gasteiger charge is -2.29. The van der Waals surface area contributed by atoms with Crippen LogP contribution >= 0.6 is 0 Å². The summed E-state index contributed by atoms with van der Waals surface area (Å²) in [6.45, 7) is 10.2. The fraction of sp³-hybridized carbons (Fsp3) is 0.542. The van der Waals surface area contributed by atoms with Gasteiger partial charge in [-0.1, -0.05) is 54.0 Å². The largest absolute Gasteiger partial charge is 0.391 e. The van der Waals surface area contributed by atoms with Gasteiger partial charge < -0.3 is 19.4 Å². The Morgan fingerprint density at radius 3 is 2.58 bits per heavy atom. The van der Waals surface area contributed by atoms with Gasteiger partial charge in [0, 0.05) is 25.5 Å². The second-order valence-corrected chi connectivity index (χ2v) is 9.44. The minimum absolute atomic E-state index is 0.0258. The standard InChI is InChI=1S/C24H31N3O4/c1-14(2)22(21-10-16(4)25-30-21)23(29)27-13-18(28)11-20(27)19-12-24(5,31-26-19)17-8-6-15(3)7-9-17/h6-10,14,18,20,22,28H,11-13H2,1-5H3/t18-,20+,22-,24-/m1/s1. The highest BCUT2D eigenvalue weighted by molar-refractivity contribution is 5.96. The molecule has 1 aromatic heterocycles. The Bertz CT molecular complexity index is 981. The van der Waals surface area contributed by atoms with Crippen molar-refractivity contribution in [3.8, 4) is 0 Å². The van der Waals surface area contributed by atoms with Gasteiger partial charge in [0.05, 0.1) is 23.6 Å². The van der Waals surface area contributed by atoms with Crippen LogP contribution in [-0.2, 0) is 15.2 Å². The highest BCUT2D eigenvalue weighted by atomic mass is 16.7. The maximum Gasteiger partial charge on any atom is 0.234 e. The van der Waals surface area contributed by atoms with Crippen LogP contribution in [0.4, 0.5) is 0 Å². The number of rotatable bonds is 5. The van der Waals surface area contributed by atoms with Crippen LogP contribution in [0.25, 0.3) is 0 Å². The van der Waals surface area contributed by atoms with Crippen molar-refractivity contribution in [2.45, 2.75) is 71.1 Å². The first-order valence-corrected chi connectivity index (χ1v) is 10.9. The van der Waals surface area contributed by atoms with Gasteiger partial charge in [0.15, 0.2) is 5.60 Å². The van der Waals surface area contributed by atoms with Crippen LogP contribution in [0.15, 0.2) is 40.0 Å². The number of aromatic nitrogens is 1. The zero-order valence-electron chi connectivity index (χ0n) is 18.8. The second kappa shape index (κ2) is 8.11. The van der Waals surface area contributed by atoms with E-state index in [1.807, 2.05) is 40.7 Å². The highest BCUT2D eigenvalue weighted by Crippen LogP contribution is 2.39. The third kappa shape index (κ3) is 4.11. The fourth-order valence-electron chi connectivity index (χ4n) is 4.63. The van der Waals surface area contributed by atoms with Gasteiger partial charge in [-0.05, 0) is 32.3 Å². The molecule has 7 nitrogen and oxygen atoms in total. The second-order valence-electron chi connectivity index (χ2n) is 9.44. The van der Waals surface area contributed by atoms with Gasteiger partial charge in [-0.15, -0.1) is 0 Å². The zero-order chi connectivity index (χ0) is 22.3. The minimum atomic E-state index is -0.591. The molecule has 0 saturated carbocycles. The van der Waals surface area contributed by atoms with Crippen LogP contribution < -0.4 is 0 Å². The predicted octanol–water partition coefficient (Wildman–Crippen LogP) is 3.68. The molecular formula is C24H31N3O4. The summed E-state index contributed by atoms with van der Waals surface area (Å²) in [4.78, 5) is 21.2. The van der Waals surface area contributed by atoms with E-state index in [-0.39, 0.29) is 24.4 Å². The fourth-order valence-corrected chi connectivity index (χ4v) is 4.63. The van der Waals surface area contributed by atoms with Crippen LogP contribution in [-0.4, -0.2) is 45.5 Å². The van der Waals surface area contributed by atoms with Gasteiger partial charge in [0.25, 0.3) is 0 Å². The summed E-state index contributed by atoms with van der Waals surface area (Å²) >= 11 is 0. The van der Waals surface area contributed by atoms with Gasteiger partial charge in [-0.2, -0.15) is 0 Å². The van der Waals surface area contributed by atoms with E-state index in [1.165, 1.54) is 5.56 Å². The van der Waals surface area contributed by atoms with Crippen molar-refractivity contribution in [3.05, 3.63) is 52.9 Å². The molecule has 0 aliphatic carbocycles. The number of aryl methyl sites for hydroxylation is 2. The maximum absolute atomic E-state index is 13.6. The molecule has 31 heavy (non-hydrogen) atoms. The Morgan fingerprint density at radius 1 is 1.26 bits per heavy atom. The topological polar surface area (TPSA) is 88.2 Å². The molecule has 2 aliphatic rings. The van der Waals surface area contributed by atoms with Gasteiger partial charge in [0.2, 0.25) is 5.91 Å². The summed E-state index contributed by atoms with van der Waals surface area (Å²) in [7, 11) is 0. The van der Waals surface area contributed by atoms with Crippen molar-refractivity contribution in [2.75, 3.05) is 6.54 Å². The van der Waals surface area contributed by atoms with Crippen molar-refractivity contribution in [1.29, 1.82) is 0 Å². The van der Waals surface area contributed by atoms with E-state index in [4.69, 9.17) is 9.36 Å². The number of nitrogens with zero attached hydrogens (tertiary/aromatic N) is 3. The number of aliphatic hydroxyl groups is 1. The Kier molecular flexibility index (Phi) is 5.64. The van der Waals surface area contributed by atoms with Gasteiger partial charge in [0.1, 0.15) is 11.7 Å². The molecule has 1 fully saturated rings. The number of oxime groups is 1. The summed E-state index contributed by atoms with van der Waals surface area (Å²) in [5.74, 6) is 0.0596. The molecule has 2 aromatic rings. The molecular weight excluding hydrogens is 394 g/mol. The average molecular weight is 426 g/mol. The Hall–Kier alpha value is -2.67. The van der Waals surface area contributed by atoms with Crippen LogP contribution in [0.3, 0.4) is 0 Å². The third-order valence-corrected chi connectivity index (χ3v) is 6.38. The molecule has 1 aromatic carbocycles. The lowest BCUT2D eigenvalue weighted by atomic mass is 9.87. The lowest BCUT2D eigenvalue weighted by molar-refractivity contribution is -0.134. The first-order valence-electron chi connectivity index (χ1n) is 10.9. The van der Waals surface area contributed by atoms with Crippen molar-refractivity contribution in [1.82, 2.24) is 10.1 Å². The van der Waals surface area contributed by atoms with Gasteiger partial charge >= 0.3 is 0 Å². The molecule has 1 saturated heterocycles. The molecule has 0 spiro atoms.